The molecule has 0 bridgehead atoms. The number of thioether (sulfide) groups is 1. The molecule has 10 heteroatoms. The topological polar surface area (TPSA) is 98.1 Å². The number of tetrazole rings is 1. The minimum Gasteiger partial charge on any atom is -0.338 e. The Morgan fingerprint density at radius 3 is 2.81 bits per heavy atom. The van der Waals surface area contributed by atoms with Gasteiger partial charge < -0.3 is 4.90 Å². The Balaban J connectivity index is 1.97. The first-order chi connectivity index (χ1) is 9.93. The number of nitrogens with zero attached hydrogens (tertiary/aromatic N) is 5. The van der Waals surface area contributed by atoms with Gasteiger partial charge in [-0.15, -0.1) is 5.10 Å². The van der Waals surface area contributed by atoms with E-state index in [2.05, 4.69) is 15.5 Å². The molecule has 1 amide bonds. The molecule has 1 aromatic heterocycles. The molecule has 1 aliphatic heterocycles. The maximum atomic E-state index is 12.4. The Bertz CT molecular complexity index is 601. The molecular formula is C11H19N5O3S2. The van der Waals surface area contributed by atoms with Crippen molar-refractivity contribution in [3.8, 4) is 0 Å². The van der Waals surface area contributed by atoms with Gasteiger partial charge in [0.15, 0.2) is 9.84 Å². The summed E-state index contributed by atoms with van der Waals surface area (Å²) in [7, 11) is -1.29. The monoisotopic (exact) mass is 333 g/mol. The van der Waals surface area contributed by atoms with Gasteiger partial charge in [0.25, 0.3) is 0 Å². The number of aromatic nitrogens is 4. The number of sulfone groups is 1. The van der Waals surface area contributed by atoms with Crippen molar-refractivity contribution in [1.29, 1.82) is 0 Å². The van der Waals surface area contributed by atoms with E-state index >= 15 is 0 Å². The van der Waals surface area contributed by atoms with Crippen molar-refractivity contribution < 1.29 is 13.2 Å². The van der Waals surface area contributed by atoms with Crippen LogP contribution in [0.25, 0.3) is 0 Å². The lowest BCUT2D eigenvalue weighted by atomic mass is 10.2. The summed E-state index contributed by atoms with van der Waals surface area (Å²) in [6, 6.07) is -0.194. The van der Waals surface area contributed by atoms with Crippen molar-refractivity contribution in [2.24, 2.45) is 7.05 Å². The summed E-state index contributed by atoms with van der Waals surface area (Å²) < 4.78 is 24.7. The number of rotatable bonds is 6. The molecule has 1 atom stereocenters. The zero-order chi connectivity index (χ0) is 15.5. The van der Waals surface area contributed by atoms with Crippen molar-refractivity contribution in [3.63, 3.8) is 0 Å². The third-order valence-electron chi connectivity index (χ3n) is 3.34. The second-order valence-electron chi connectivity index (χ2n) is 5.02. The highest BCUT2D eigenvalue weighted by molar-refractivity contribution is 7.99. The second-order valence-corrected chi connectivity index (χ2v) is 8.19. The van der Waals surface area contributed by atoms with Crippen LogP contribution in [0.5, 0.6) is 0 Å². The molecule has 1 saturated heterocycles. The average Bonchev–Trinajstić information content (AvgIpc) is 2.99. The summed E-state index contributed by atoms with van der Waals surface area (Å²) in [4.78, 5) is 14.1. The van der Waals surface area contributed by atoms with Gasteiger partial charge in [0.1, 0.15) is 0 Å². The lowest BCUT2D eigenvalue weighted by molar-refractivity contribution is -0.130. The van der Waals surface area contributed by atoms with Gasteiger partial charge in [-0.25, -0.2) is 13.1 Å². The first-order valence-corrected chi connectivity index (χ1v) is 9.58. The molecule has 118 valence electrons. The molecule has 0 aromatic carbocycles. The van der Waals surface area contributed by atoms with Crippen LogP contribution in [-0.4, -0.2) is 69.3 Å². The lowest BCUT2D eigenvalue weighted by Crippen LogP contribution is -2.42. The fourth-order valence-corrected chi connectivity index (χ4v) is 4.79. The molecule has 0 saturated carbocycles. The van der Waals surface area contributed by atoms with Crippen molar-refractivity contribution in [2.45, 2.75) is 31.0 Å². The van der Waals surface area contributed by atoms with Crippen molar-refractivity contribution in [2.75, 3.05) is 23.8 Å². The number of carbonyl (C=O) groups is 1. The largest absolute Gasteiger partial charge is 0.338 e. The van der Waals surface area contributed by atoms with E-state index in [4.69, 9.17) is 0 Å². The van der Waals surface area contributed by atoms with Crippen LogP contribution >= 0.6 is 11.8 Å². The normalized spacial score (nSPS) is 20.6. The zero-order valence-corrected chi connectivity index (χ0v) is 13.7. The first-order valence-electron chi connectivity index (χ1n) is 6.78. The summed E-state index contributed by atoms with van der Waals surface area (Å²) in [5.74, 6) is 0.400. The Hall–Kier alpha value is -1.16. The number of aryl methyl sites for hydroxylation is 1. The third kappa shape index (κ3) is 4.16. The Kier molecular flexibility index (Phi) is 5.20. The SMILES string of the molecule is CCCN(C(=O)CSc1nnnn1C)[C@@H]1CCS(=O)(=O)C1. The molecule has 0 radical (unpaired) electrons. The highest BCUT2D eigenvalue weighted by atomic mass is 32.2. The number of hydrogen-bond acceptors (Lipinski definition) is 7. The molecule has 8 nitrogen and oxygen atoms in total. The van der Waals surface area contributed by atoms with Crippen molar-refractivity contribution in [3.05, 3.63) is 0 Å². The summed E-state index contributed by atoms with van der Waals surface area (Å²) in [5, 5.41) is 11.6. The Morgan fingerprint density at radius 1 is 1.52 bits per heavy atom. The molecule has 0 aliphatic carbocycles. The summed E-state index contributed by atoms with van der Waals surface area (Å²) >= 11 is 1.26. The quantitative estimate of drug-likeness (QED) is 0.661. The van der Waals surface area contributed by atoms with E-state index in [1.165, 1.54) is 16.4 Å². The number of hydrogen-bond donors (Lipinski definition) is 0. The number of amides is 1. The maximum Gasteiger partial charge on any atom is 0.233 e. The van der Waals surface area contributed by atoms with Crippen LogP contribution in [0.1, 0.15) is 19.8 Å². The summed E-state index contributed by atoms with van der Waals surface area (Å²) in [5.41, 5.74) is 0. The van der Waals surface area contributed by atoms with Crippen LogP contribution in [0.2, 0.25) is 0 Å². The zero-order valence-electron chi connectivity index (χ0n) is 12.1. The molecule has 0 N–H and O–H groups in total. The van der Waals surface area contributed by atoms with Gasteiger partial charge in [-0.05, 0) is 23.3 Å². The molecular weight excluding hydrogens is 314 g/mol. The molecule has 1 aliphatic rings. The van der Waals surface area contributed by atoms with E-state index in [9.17, 15) is 13.2 Å². The Morgan fingerprint density at radius 2 is 2.29 bits per heavy atom. The average molecular weight is 333 g/mol. The highest BCUT2D eigenvalue weighted by Gasteiger charge is 2.34. The van der Waals surface area contributed by atoms with Gasteiger partial charge in [-0.2, -0.15) is 0 Å². The van der Waals surface area contributed by atoms with Crippen LogP contribution in [-0.2, 0) is 21.7 Å². The van der Waals surface area contributed by atoms with Gasteiger partial charge in [0.2, 0.25) is 11.1 Å². The van der Waals surface area contributed by atoms with Crippen LogP contribution in [0.3, 0.4) is 0 Å². The van der Waals surface area contributed by atoms with Gasteiger partial charge in [0, 0.05) is 19.6 Å². The first kappa shape index (κ1) is 16.2. The molecule has 2 rings (SSSR count). The molecule has 2 heterocycles. The molecule has 21 heavy (non-hydrogen) atoms. The van der Waals surface area contributed by atoms with Gasteiger partial charge >= 0.3 is 0 Å². The summed E-state index contributed by atoms with van der Waals surface area (Å²) in [6.45, 7) is 2.56. The van der Waals surface area contributed by atoms with E-state index in [-0.39, 0.29) is 29.2 Å². The third-order valence-corrected chi connectivity index (χ3v) is 6.09. The van der Waals surface area contributed by atoms with Crippen molar-refractivity contribution >= 4 is 27.5 Å². The van der Waals surface area contributed by atoms with Crippen LogP contribution in [0.15, 0.2) is 5.16 Å². The summed E-state index contributed by atoms with van der Waals surface area (Å²) in [6.07, 6.45) is 1.34. The van der Waals surface area contributed by atoms with Crippen LogP contribution in [0, 0.1) is 0 Å². The molecule has 1 fully saturated rings. The van der Waals surface area contributed by atoms with Crippen molar-refractivity contribution in [1.82, 2.24) is 25.1 Å². The lowest BCUT2D eigenvalue weighted by Gasteiger charge is -2.27. The molecule has 1 aromatic rings. The maximum absolute atomic E-state index is 12.4. The fraction of sp³-hybridized carbons (Fsp3) is 0.818. The van der Waals surface area contributed by atoms with E-state index in [0.29, 0.717) is 18.1 Å². The Labute approximate surface area is 128 Å². The second kappa shape index (κ2) is 6.73. The van der Waals surface area contributed by atoms with Crippen LogP contribution < -0.4 is 0 Å². The van der Waals surface area contributed by atoms with E-state index in [1.807, 2.05) is 6.92 Å². The van der Waals surface area contributed by atoms with E-state index in [1.54, 1.807) is 11.9 Å². The minimum atomic E-state index is -2.99. The highest BCUT2D eigenvalue weighted by Crippen LogP contribution is 2.20. The van der Waals surface area contributed by atoms with E-state index < -0.39 is 9.84 Å². The molecule has 0 spiro atoms. The minimum absolute atomic E-state index is 0.0630. The smallest absolute Gasteiger partial charge is 0.233 e. The van der Waals surface area contributed by atoms with Gasteiger partial charge in [0.05, 0.1) is 17.3 Å². The standard InChI is InChI=1S/C11H19N5O3S2/c1-3-5-16(9-4-6-21(18,19)8-9)10(17)7-20-11-12-13-14-15(11)2/h9H,3-8H2,1-2H3/t9-/m1/s1. The molecule has 0 unspecified atom stereocenters. The van der Waals surface area contributed by atoms with Crippen LogP contribution in [0.4, 0.5) is 0 Å². The predicted molar refractivity (Wildman–Crippen MR) is 78.6 cm³/mol. The fourth-order valence-electron chi connectivity index (χ4n) is 2.33. The predicted octanol–water partition coefficient (Wildman–Crippen LogP) is -0.272. The van der Waals surface area contributed by atoms with Gasteiger partial charge in [-0.1, -0.05) is 18.7 Å². The van der Waals surface area contributed by atoms with Gasteiger partial charge in [-0.3, -0.25) is 4.79 Å². The van der Waals surface area contributed by atoms with E-state index in [0.717, 1.165) is 6.42 Å². The number of carbonyl (C=O) groups excluding carboxylic acids is 1.